The molecule has 0 aliphatic heterocycles. The van der Waals surface area contributed by atoms with Crippen LogP contribution in [0.5, 0.6) is 0 Å². The molecule has 0 bridgehead atoms. The van der Waals surface area contributed by atoms with Crippen LogP contribution in [0.1, 0.15) is 10.4 Å². The predicted octanol–water partition coefficient (Wildman–Crippen LogP) is 4.05. The number of hydrogen-bond donors (Lipinski definition) is 1. The van der Waals surface area contributed by atoms with E-state index in [9.17, 15) is 9.00 Å². The van der Waals surface area contributed by atoms with E-state index in [0.29, 0.717) is 21.2 Å². The van der Waals surface area contributed by atoms with Gasteiger partial charge in [-0.2, -0.15) is 0 Å². The second-order valence-corrected chi connectivity index (χ2v) is 6.95. The Hall–Kier alpha value is -1.30. The number of halogens is 1. The minimum atomic E-state index is -1.09. The fourth-order valence-corrected chi connectivity index (χ4v) is 2.96. The Balaban J connectivity index is 2.25. The third-order valence-corrected chi connectivity index (χ3v) is 4.81. The molecule has 0 saturated heterocycles. The van der Waals surface area contributed by atoms with Crippen LogP contribution in [0.2, 0.25) is 5.02 Å². The Morgan fingerprint density at radius 1 is 1.24 bits per heavy atom. The van der Waals surface area contributed by atoms with E-state index in [-0.39, 0.29) is 5.91 Å². The Morgan fingerprint density at radius 2 is 2.00 bits per heavy atom. The smallest absolute Gasteiger partial charge is 0.257 e. The fraction of sp³-hybridized carbons (Fsp3) is 0.133. The van der Waals surface area contributed by atoms with Crippen LogP contribution in [0, 0.1) is 0 Å². The summed E-state index contributed by atoms with van der Waals surface area (Å²) < 4.78 is 11.5. The lowest BCUT2D eigenvalue weighted by molar-refractivity contribution is 0.102. The Labute approximate surface area is 135 Å². The number of hydrogen-bond acceptors (Lipinski definition) is 3. The van der Waals surface area contributed by atoms with Crippen molar-refractivity contribution >= 4 is 45.8 Å². The first kappa shape index (κ1) is 16.1. The van der Waals surface area contributed by atoms with Crippen LogP contribution in [0.25, 0.3) is 0 Å². The van der Waals surface area contributed by atoms with Gasteiger partial charge in [-0.25, -0.2) is 0 Å². The van der Waals surface area contributed by atoms with E-state index in [1.54, 1.807) is 54.4 Å². The van der Waals surface area contributed by atoms with Crippen molar-refractivity contribution in [1.29, 1.82) is 0 Å². The van der Waals surface area contributed by atoms with E-state index in [1.165, 1.54) is 0 Å². The SMILES string of the molecule is CSc1ccc(Cl)c(C(=O)Nc2cccc(S(C)=O)c2)c1. The van der Waals surface area contributed by atoms with Gasteiger partial charge in [-0.1, -0.05) is 17.7 Å². The maximum absolute atomic E-state index is 12.3. The molecule has 1 atom stereocenters. The summed E-state index contributed by atoms with van der Waals surface area (Å²) in [5.74, 6) is -0.282. The van der Waals surface area contributed by atoms with Gasteiger partial charge in [0.2, 0.25) is 0 Å². The van der Waals surface area contributed by atoms with Crippen molar-refractivity contribution in [3.05, 3.63) is 53.1 Å². The topological polar surface area (TPSA) is 46.2 Å². The van der Waals surface area contributed by atoms with Gasteiger partial charge in [0.05, 0.1) is 10.6 Å². The van der Waals surface area contributed by atoms with Gasteiger partial charge >= 0.3 is 0 Å². The monoisotopic (exact) mass is 339 g/mol. The van der Waals surface area contributed by atoms with E-state index in [2.05, 4.69) is 5.32 Å². The lowest BCUT2D eigenvalue weighted by Gasteiger charge is -2.09. The standard InChI is InChI=1S/C15H14ClNO2S2/c1-20-11-6-7-14(16)13(9-11)15(18)17-10-4-3-5-12(8-10)21(2)19/h3-9H,1-2H3,(H,17,18). The second-order valence-electron chi connectivity index (χ2n) is 4.28. The molecular formula is C15H14ClNO2S2. The maximum Gasteiger partial charge on any atom is 0.257 e. The first-order chi connectivity index (χ1) is 10.0. The van der Waals surface area contributed by atoms with E-state index in [1.807, 2.05) is 12.3 Å². The molecule has 0 heterocycles. The zero-order valence-electron chi connectivity index (χ0n) is 11.6. The Bertz CT molecular complexity index is 704. The first-order valence-electron chi connectivity index (χ1n) is 6.09. The highest BCUT2D eigenvalue weighted by Gasteiger charge is 2.12. The quantitative estimate of drug-likeness (QED) is 0.855. The summed E-state index contributed by atoms with van der Waals surface area (Å²) in [6.45, 7) is 0. The molecule has 2 aromatic carbocycles. The average Bonchev–Trinajstić information content (AvgIpc) is 2.48. The normalized spacial score (nSPS) is 12.0. The van der Waals surface area contributed by atoms with Gasteiger partial charge in [-0.15, -0.1) is 11.8 Å². The molecule has 0 aromatic heterocycles. The van der Waals surface area contributed by atoms with Crippen LogP contribution in [-0.2, 0) is 10.8 Å². The lowest BCUT2D eigenvalue weighted by atomic mass is 10.2. The summed E-state index contributed by atoms with van der Waals surface area (Å²) >= 11 is 7.62. The highest BCUT2D eigenvalue weighted by molar-refractivity contribution is 7.98. The minimum Gasteiger partial charge on any atom is -0.322 e. The van der Waals surface area contributed by atoms with Crippen molar-refractivity contribution < 1.29 is 9.00 Å². The summed E-state index contributed by atoms with van der Waals surface area (Å²) in [7, 11) is -1.09. The van der Waals surface area contributed by atoms with Crippen LogP contribution >= 0.6 is 23.4 Å². The molecule has 110 valence electrons. The zero-order valence-corrected chi connectivity index (χ0v) is 13.9. The number of benzene rings is 2. The molecule has 0 aliphatic carbocycles. The van der Waals surface area contributed by atoms with Crippen LogP contribution < -0.4 is 5.32 Å². The van der Waals surface area contributed by atoms with Gasteiger partial charge in [0.15, 0.2) is 0 Å². The summed E-state index contributed by atoms with van der Waals surface area (Å²) in [4.78, 5) is 13.9. The minimum absolute atomic E-state index is 0.282. The number of nitrogens with one attached hydrogen (secondary N) is 1. The fourth-order valence-electron chi connectivity index (χ4n) is 1.76. The molecule has 2 aromatic rings. The number of thioether (sulfide) groups is 1. The van der Waals surface area contributed by atoms with Crippen molar-refractivity contribution in [1.82, 2.24) is 0 Å². The highest BCUT2D eigenvalue weighted by atomic mass is 35.5. The molecule has 3 nitrogen and oxygen atoms in total. The molecule has 1 unspecified atom stereocenters. The number of anilines is 1. The van der Waals surface area contributed by atoms with Gasteiger partial charge in [-0.3, -0.25) is 9.00 Å². The summed E-state index contributed by atoms with van der Waals surface area (Å²) in [6.07, 6.45) is 3.53. The number of carbonyl (C=O) groups excluding carboxylic acids is 1. The Morgan fingerprint density at radius 3 is 2.67 bits per heavy atom. The third kappa shape index (κ3) is 4.09. The van der Waals surface area contributed by atoms with Crippen molar-refractivity contribution in [3.63, 3.8) is 0 Å². The van der Waals surface area contributed by atoms with Gasteiger partial charge in [0, 0.05) is 32.5 Å². The van der Waals surface area contributed by atoms with Crippen molar-refractivity contribution in [2.75, 3.05) is 17.8 Å². The second kappa shape index (κ2) is 7.11. The Kier molecular flexibility index (Phi) is 5.45. The van der Waals surface area contributed by atoms with Gasteiger partial charge in [0.1, 0.15) is 0 Å². The molecule has 1 amide bonds. The zero-order chi connectivity index (χ0) is 15.4. The summed E-state index contributed by atoms with van der Waals surface area (Å²) in [6, 6.07) is 12.3. The van der Waals surface area contributed by atoms with Crippen molar-refractivity contribution in [2.45, 2.75) is 9.79 Å². The number of carbonyl (C=O) groups is 1. The first-order valence-corrected chi connectivity index (χ1v) is 9.25. The molecule has 21 heavy (non-hydrogen) atoms. The number of rotatable bonds is 4. The van der Waals surface area contributed by atoms with Crippen molar-refractivity contribution in [3.8, 4) is 0 Å². The molecule has 1 N–H and O–H groups in total. The average molecular weight is 340 g/mol. The van der Waals surface area contributed by atoms with E-state index >= 15 is 0 Å². The molecule has 2 rings (SSSR count). The van der Waals surface area contributed by atoms with Crippen LogP contribution in [0.15, 0.2) is 52.3 Å². The highest BCUT2D eigenvalue weighted by Crippen LogP contribution is 2.24. The van der Waals surface area contributed by atoms with E-state index in [4.69, 9.17) is 11.6 Å². The molecule has 6 heteroatoms. The summed E-state index contributed by atoms with van der Waals surface area (Å²) in [5.41, 5.74) is 1.02. The third-order valence-electron chi connectivity index (χ3n) is 2.84. The van der Waals surface area contributed by atoms with Crippen LogP contribution in [0.4, 0.5) is 5.69 Å². The van der Waals surface area contributed by atoms with Crippen LogP contribution in [-0.4, -0.2) is 22.6 Å². The molecule has 0 aliphatic rings. The molecule has 0 saturated carbocycles. The van der Waals surface area contributed by atoms with Crippen molar-refractivity contribution in [2.24, 2.45) is 0 Å². The van der Waals surface area contributed by atoms with E-state index < -0.39 is 10.8 Å². The van der Waals surface area contributed by atoms with Gasteiger partial charge in [-0.05, 0) is 42.7 Å². The van der Waals surface area contributed by atoms with E-state index in [0.717, 1.165) is 4.90 Å². The molecule has 0 fully saturated rings. The predicted molar refractivity (Wildman–Crippen MR) is 90.0 cm³/mol. The maximum atomic E-state index is 12.3. The summed E-state index contributed by atoms with van der Waals surface area (Å²) in [5, 5.41) is 3.18. The van der Waals surface area contributed by atoms with Gasteiger partial charge in [0.25, 0.3) is 5.91 Å². The largest absolute Gasteiger partial charge is 0.322 e. The van der Waals surface area contributed by atoms with Crippen LogP contribution in [0.3, 0.4) is 0 Å². The lowest BCUT2D eigenvalue weighted by Crippen LogP contribution is -2.12. The molecule has 0 spiro atoms. The molecule has 0 radical (unpaired) electrons. The van der Waals surface area contributed by atoms with Gasteiger partial charge < -0.3 is 5.32 Å². The number of amides is 1. The molecular weight excluding hydrogens is 326 g/mol.